The van der Waals surface area contributed by atoms with Crippen molar-refractivity contribution in [3.63, 3.8) is 0 Å². The number of aromatic nitrogens is 3. The lowest BCUT2D eigenvalue weighted by Gasteiger charge is -2.10. The molecular weight excluding hydrogens is 164 g/mol. The molecule has 4 nitrogen and oxygen atoms in total. The highest BCUT2D eigenvalue weighted by Crippen LogP contribution is 2.54. The van der Waals surface area contributed by atoms with Gasteiger partial charge in [0.1, 0.15) is 6.33 Å². The first-order valence-electron chi connectivity index (χ1n) is 4.96. The normalized spacial score (nSPS) is 36.2. The van der Waals surface area contributed by atoms with E-state index in [1.54, 1.807) is 6.33 Å². The largest absolute Gasteiger partial charge is 0.367 e. The molecule has 0 aromatic carbocycles. The van der Waals surface area contributed by atoms with Gasteiger partial charge in [-0.25, -0.2) is 4.98 Å². The summed E-state index contributed by atoms with van der Waals surface area (Å²) in [5, 5.41) is 4.10. The van der Waals surface area contributed by atoms with E-state index in [4.69, 9.17) is 5.73 Å². The molecule has 4 heteroatoms. The zero-order valence-electron chi connectivity index (χ0n) is 7.56. The summed E-state index contributed by atoms with van der Waals surface area (Å²) in [5.41, 5.74) is 5.45. The highest BCUT2D eigenvalue weighted by Gasteiger charge is 2.45. The fourth-order valence-corrected chi connectivity index (χ4v) is 2.65. The second-order valence-corrected chi connectivity index (χ2v) is 4.42. The minimum absolute atomic E-state index is 0.392. The molecule has 1 heterocycles. The van der Waals surface area contributed by atoms with E-state index in [0.29, 0.717) is 5.95 Å². The number of rotatable bonds is 2. The fourth-order valence-electron chi connectivity index (χ4n) is 2.65. The van der Waals surface area contributed by atoms with Crippen molar-refractivity contribution >= 4 is 5.95 Å². The molecule has 2 unspecified atom stereocenters. The summed E-state index contributed by atoms with van der Waals surface area (Å²) in [4.78, 5) is 3.92. The molecule has 2 saturated carbocycles. The van der Waals surface area contributed by atoms with Crippen molar-refractivity contribution in [1.82, 2.24) is 14.8 Å². The summed E-state index contributed by atoms with van der Waals surface area (Å²) in [6.07, 6.45) is 6.00. The van der Waals surface area contributed by atoms with Gasteiger partial charge in [0, 0.05) is 6.54 Å². The molecule has 0 spiro atoms. The molecule has 2 N–H and O–H groups in total. The van der Waals surface area contributed by atoms with Gasteiger partial charge in [-0.1, -0.05) is 0 Å². The zero-order chi connectivity index (χ0) is 8.84. The smallest absolute Gasteiger partial charge is 0.239 e. The molecule has 2 fully saturated rings. The van der Waals surface area contributed by atoms with Crippen LogP contribution in [0.15, 0.2) is 6.33 Å². The number of nitrogen functional groups attached to an aromatic ring is 1. The van der Waals surface area contributed by atoms with Gasteiger partial charge in [-0.05, 0) is 37.0 Å². The summed E-state index contributed by atoms with van der Waals surface area (Å²) in [7, 11) is 0. The second-order valence-electron chi connectivity index (χ2n) is 4.42. The predicted molar refractivity (Wildman–Crippen MR) is 48.8 cm³/mol. The summed E-state index contributed by atoms with van der Waals surface area (Å²) < 4.78 is 1.88. The maximum Gasteiger partial charge on any atom is 0.239 e. The summed E-state index contributed by atoms with van der Waals surface area (Å²) in [5.74, 6) is 3.31. The number of hydrogen-bond acceptors (Lipinski definition) is 3. The Kier molecular flexibility index (Phi) is 1.39. The number of nitrogens with zero attached hydrogens (tertiary/aromatic N) is 3. The minimum atomic E-state index is 0.392. The average molecular weight is 178 g/mol. The molecule has 0 radical (unpaired) electrons. The number of nitrogens with two attached hydrogens (primary N) is 1. The van der Waals surface area contributed by atoms with E-state index >= 15 is 0 Å². The van der Waals surface area contributed by atoms with Gasteiger partial charge < -0.3 is 5.73 Å². The molecule has 0 bridgehead atoms. The minimum Gasteiger partial charge on any atom is -0.367 e. The third kappa shape index (κ3) is 1.30. The van der Waals surface area contributed by atoms with Crippen LogP contribution in [0.2, 0.25) is 0 Å². The van der Waals surface area contributed by atoms with Crippen LogP contribution in [0.25, 0.3) is 0 Å². The third-order valence-electron chi connectivity index (χ3n) is 3.34. The van der Waals surface area contributed by atoms with Crippen molar-refractivity contribution in [3.05, 3.63) is 6.33 Å². The molecule has 1 aromatic heterocycles. The van der Waals surface area contributed by atoms with E-state index in [1.165, 1.54) is 19.3 Å². The van der Waals surface area contributed by atoms with Gasteiger partial charge in [0.25, 0.3) is 0 Å². The van der Waals surface area contributed by atoms with Crippen molar-refractivity contribution in [3.8, 4) is 0 Å². The van der Waals surface area contributed by atoms with Crippen LogP contribution in [0.5, 0.6) is 0 Å². The Morgan fingerprint density at radius 1 is 1.38 bits per heavy atom. The lowest BCUT2D eigenvalue weighted by atomic mass is 10.0. The van der Waals surface area contributed by atoms with E-state index in [0.717, 1.165) is 24.3 Å². The SMILES string of the molecule is Nc1ncn(CC2CC3CC3C2)n1. The van der Waals surface area contributed by atoms with E-state index in [9.17, 15) is 0 Å². The first-order valence-corrected chi connectivity index (χ1v) is 4.96. The maximum absolute atomic E-state index is 5.45. The van der Waals surface area contributed by atoms with Crippen molar-refractivity contribution in [2.24, 2.45) is 17.8 Å². The zero-order valence-corrected chi connectivity index (χ0v) is 7.56. The lowest BCUT2D eigenvalue weighted by Crippen LogP contribution is -2.09. The maximum atomic E-state index is 5.45. The van der Waals surface area contributed by atoms with E-state index in [-0.39, 0.29) is 0 Å². The number of fused-ring (bicyclic) bond motifs is 1. The van der Waals surface area contributed by atoms with Crippen LogP contribution in [0.4, 0.5) is 5.95 Å². The van der Waals surface area contributed by atoms with Gasteiger partial charge in [0.05, 0.1) is 0 Å². The van der Waals surface area contributed by atoms with Crippen molar-refractivity contribution in [2.45, 2.75) is 25.8 Å². The van der Waals surface area contributed by atoms with Crippen LogP contribution in [0, 0.1) is 17.8 Å². The molecule has 2 atom stereocenters. The number of hydrogen-bond donors (Lipinski definition) is 1. The molecule has 2 aliphatic rings. The Morgan fingerprint density at radius 3 is 2.77 bits per heavy atom. The Hall–Kier alpha value is -1.06. The van der Waals surface area contributed by atoms with E-state index in [1.807, 2.05) is 4.68 Å². The standard InChI is InChI=1S/C9H14N4/c10-9-11-5-13(12-9)4-6-1-7-3-8(7)2-6/h5-8H,1-4H2,(H2,10,12). The van der Waals surface area contributed by atoms with E-state index < -0.39 is 0 Å². The van der Waals surface area contributed by atoms with Crippen molar-refractivity contribution in [2.75, 3.05) is 5.73 Å². The van der Waals surface area contributed by atoms with Gasteiger partial charge >= 0.3 is 0 Å². The number of anilines is 1. The molecule has 3 rings (SSSR count). The third-order valence-corrected chi connectivity index (χ3v) is 3.34. The van der Waals surface area contributed by atoms with Gasteiger partial charge in [-0.3, -0.25) is 4.68 Å². The predicted octanol–water partition coefficient (Wildman–Crippen LogP) is 0.906. The average Bonchev–Trinajstić information content (AvgIpc) is 2.55. The summed E-state index contributed by atoms with van der Waals surface area (Å²) in [6, 6.07) is 0. The summed E-state index contributed by atoms with van der Waals surface area (Å²) >= 11 is 0. The lowest BCUT2D eigenvalue weighted by molar-refractivity contribution is 0.395. The van der Waals surface area contributed by atoms with Crippen LogP contribution in [0.1, 0.15) is 19.3 Å². The topological polar surface area (TPSA) is 56.7 Å². The molecule has 1 aromatic rings. The quantitative estimate of drug-likeness (QED) is 0.732. The Balaban J connectivity index is 1.63. The Bertz CT molecular complexity index is 309. The first-order chi connectivity index (χ1) is 6.31. The van der Waals surface area contributed by atoms with Crippen LogP contribution in [-0.4, -0.2) is 14.8 Å². The molecule has 13 heavy (non-hydrogen) atoms. The van der Waals surface area contributed by atoms with Crippen molar-refractivity contribution < 1.29 is 0 Å². The van der Waals surface area contributed by atoms with Gasteiger partial charge in [0.2, 0.25) is 5.95 Å². The first kappa shape index (κ1) is 7.35. The highest BCUT2D eigenvalue weighted by molar-refractivity contribution is 5.09. The highest BCUT2D eigenvalue weighted by atomic mass is 15.4. The molecule has 70 valence electrons. The fraction of sp³-hybridized carbons (Fsp3) is 0.778. The molecule has 0 aliphatic heterocycles. The molecule has 2 aliphatic carbocycles. The van der Waals surface area contributed by atoms with Gasteiger partial charge in [-0.15, -0.1) is 5.10 Å². The van der Waals surface area contributed by atoms with Crippen LogP contribution < -0.4 is 5.73 Å². The van der Waals surface area contributed by atoms with Crippen LogP contribution in [0.3, 0.4) is 0 Å². The van der Waals surface area contributed by atoms with Crippen LogP contribution >= 0.6 is 0 Å². The monoisotopic (exact) mass is 178 g/mol. The summed E-state index contributed by atoms with van der Waals surface area (Å²) in [6.45, 7) is 1.01. The van der Waals surface area contributed by atoms with E-state index in [2.05, 4.69) is 10.1 Å². The van der Waals surface area contributed by atoms with Gasteiger partial charge in [-0.2, -0.15) is 0 Å². The van der Waals surface area contributed by atoms with Gasteiger partial charge in [0.15, 0.2) is 0 Å². The molecule has 0 saturated heterocycles. The van der Waals surface area contributed by atoms with Crippen LogP contribution in [-0.2, 0) is 6.54 Å². The van der Waals surface area contributed by atoms with Crippen molar-refractivity contribution in [1.29, 1.82) is 0 Å². The second kappa shape index (κ2) is 2.47. The Labute approximate surface area is 77.1 Å². The molecule has 0 amide bonds. The Morgan fingerprint density at radius 2 is 2.15 bits per heavy atom. The molecular formula is C9H14N4.